The average Bonchev–Trinajstić information content (AvgIpc) is 2.96. The molecule has 3 aromatic rings. The van der Waals surface area contributed by atoms with Crippen LogP contribution in [-0.4, -0.2) is 5.16 Å². The number of pyridine rings is 1. The molecule has 0 saturated heterocycles. The molecule has 0 spiro atoms. The number of nitrogens with zero attached hydrogens (tertiary/aromatic N) is 2. The van der Waals surface area contributed by atoms with Crippen LogP contribution in [0.1, 0.15) is 5.69 Å². The van der Waals surface area contributed by atoms with Crippen molar-refractivity contribution in [1.29, 1.82) is 0 Å². The monoisotopic (exact) mass is 284 g/mol. The van der Waals surface area contributed by atoms with Crippen LogP contribution in [0.3, 0.4) is 0 Å². The van der Waals surface area contributed by atoms with Crippen molar-refractivity contribution in [3.8, 4) is 11.3 Å². The third-order valence-corrected chi connectivity index (χ3v) is 3.83. The van der Waals surface area contributed by atoms with Crippen molar-refractivity contribution >= 4 is 11.8 Å². The Morgan fingerprint density at radius 2 is 1.90 bits per heavy atom. The van der Waals surface area contributed by atoms with Crippen molar-refractivity contribution in [1.82, 2.24) is 5.16 Å². The Bertz CT molecular complexity index is 698. The van der Waals surface area contributed by atoms with Gasteiger partial charge in [0.2, 0.25) is 0 Å². The van der Waals surface area contributed by atoms with Gasteiger partial charge in [0.1, 0.15) is 0 Å². The summed E-state index contributed by atoms with van der Waals surface area (Å²) in [7, 11) is 0. The lowest BCUT2D eigenvalue weighted by molar-refractivity contribution is -0.645. The minimum absolute atomic E-state index is 0.600. The van der Waals surface area contributed by atoms with Gasteiger partial charge in [-0.25, -0.2) is 0 Å². The minimum atomic E-state index is 0.600. The zero-order valence-electron chi connectivity index (χ0n) is 10.6. The molecule has 0 fully saturated rings. The van der Waals surface area contributed by atoms with Gasteiger partial charge in [0.05, 0.1) is 5.69 Å². The maximum atomic E-state index is 11.5. The average molecular weight is 284 g/mol. The SMILES string of the molecule is [O-][n+]1ccccc1SCc1cc(-c2ccccc2)on1. The van der Waals surface area contributed by atoms with E-state index >= 15 is 0 Å². The molecule has 0 aliphatic heterocycles. The molecule has 0 N–H and O–H groups in total. The molecule has 0 aliphatic carbocycles. The summed E-state index contributed by atoms with van der Waals surface area (Å²) < 4.78 is 6.17. The number of hydrogen-bond donors (Lipinski definition) is 0. The molecule has 100 valence electrons. The van der Waals surface area contributed by atoms with Gasteiger partial charge >= 0.3 is 0 Å². The minimum Gasteiger partial charge on any atom is -0.618 e. The fourth-order valence-electron chi connectivity index (χ4n) is 1.79. The van der Waals surface area contributed by atoms with Gasteiger partial charge in [-0.3, -0.25) is 0 Å². The van der Waals surface area contributed by atoms with Crippen LogP contribution in [0.4, 0.5) is 0 Å². The van der Waals surface area contributed by atoms with E-state index in [1.54, 1.807) is 12.1 Å². The molecule has 0 unspecified atom stereocenters. The van der Waals surface area contributed by atoms with E-state index in [-0.39, 0.29) is 0 Å². The zero-order chi connectivity index (χ0) is 13.8. The van der Waals surface area contributed by atoms with E-state index in [1.807, 2.05) is 42.5 Å². The molecule has 0 radical (unpaired) electrons. The second-order valence-corrected chi connectivity index (χ2v) is 5.20. The summed E-state index contributed by atoms with van der Waals surface area (Å²) in [6.07, 6.45) is 1.49. The summed E-state index contributed by atoms with van der Waals surface area (Å²) in [4.78, 5) is 0. The van der Waals surface area contributed by atoms with Gasteiger partial charge in [-0.15, -0.1) is 0 Å². The Morgan fingerprint density at radius 1 is 1.10 bits per heavy atom. The normalized spacial score (nSPS) is 10.6. The first kappa shape index (κ1) is 12.7. The first-order chi connectivity index (χ1) is 9.83. The molecule has 0 bridgehead atoms. The first-order valence-electron chi connectivity index (χ1n) is 6.15. The number of hydrogen-bond acceptors (Lipinski definition) is 4. The van der Waals surface area contributed by atoms with Gasteiger partial charge in [-0.1, -0.05) is 35.5 Å². The van der Waals surface area contributed by atoms with E-state index in [2.05, 4.69) is 5.16 Å². The van der Waals surface area contributed by atoms with Crippen molar-refractivity contribution in [2.75, 3.05) is 0 Å². The lowest BCUT2D eigenvalue weighted by Crippen LogP contribution is -2.27. The van der Waals surface area contributed by atoms with Crippen LogP contribution in [0.5, 0.6) is 0 Å². The highest BCUT2D eigenvalue weighted by Gasteiger charge is 2.09. The van der Waals surface area contributed by atoms with E-state index in [4.69, 9.17) is 4.52 Å². The van der Waals surface area contributed by atoms with Crippen molar-refractivity contribution in [2.24, 2.45) is 0 Å². The molecule has 0 amide bonds. The predicted octanol–water partition coefficient (Wildman–Crippen LogP) is 3.27. The van der Waals surface area contributed by atoms with Crippen LogP contribution in [0.15, 0.2) is 70.3 Å². The molecular weight excluding hydrogens is 272 g/mol. The molecule has 5 heteroatoms. The fraction of sp³-hybridized carbons (Fsp3) is 0.0667. The lowest BCUT2D eigenvalue weighted by Gasteiger charge is -2.00. The first-order valence-corrected chi connectivity index (χ1v) is 7.13. The number of thioether (sulfide) groups is 1. The molecule has 1 aromatic carbocycles. The van der Waals surface area contributed by atoms with E-state index < -0.39 is 0 Å². The molecule has 2 aromatic heterocycles. The van der Waals surface area contributed by atoms with E-state index in [0.29, 0.717) is 10.8 Å². The van der Waals surface area contributed by atoms with Crippen molar-refractivity contribution in [3.63, 3.8) is 0 Å². The summed E-state index contributed by atoms with van der Waals surface area (Å²) in [6.45, 7) is 0. The van der Waals surface area contributed by atoms with Gasteiger partial charge in [0.15, 0.2) is 12.0 Å². The zero-order valence-corrected chi connectivity index (χ0v) is 11.4. The Hall–Kier alpha value is -2.27. The van der Waals surface area contributed by atoms with Crippen LogP contribution in [0.25, 0.3) is 11.3 Å². The van der Waals surface area contributed by atoms with Crippen LogP contribution in [-0.2, 0) is 5.75 Å². The molecule has 20 heavy (non-hydrogen) atoms. The van der Waals surface area contributed by atoms with Crippen LogP contribution in [0, 0.1) is 5.21 Å². The van der Waals surface area contributed by atoms with Crippen molar-refractivity contribution in [2.45, 2.75) is 10.8 Å². The highest BCUT2D eigenvalue weighted by atomic mass is 32.2. The summed E-state index contributed by atoms with van der Waals surface area (Å²) in [6, 6.07) is 17.1. The highest BCUT2D eigenvalue weighted by Crippen LogP contribution is 2.24. The fourth-order valence-corrected chi connectivity index (χ4v) is 2.59. The van der Waals surface area contributed by atoms with Gasteiger partial charge < -0.3 is 9.73 Å². The van der Waals surface area contributed by atoms with Crippen molar-refractivity contribution < 1.29 is 9.25 Å². The number of benzene rings is 1. The Morgan fingerprint density at radius 3 is 2.70 bits per heavy atom. The van der Waals surface area contributed by atoms with Gasteiger partial charge in [0, 0.05) is 29.5 Å². The molecule has 0 atom stereocenters. The van der Waals surface area contributed by atoms with Crippen LogP contribution >= 0.6 is 11.8 Å². The third kappa shape index (κ3) is 2.83. The van der Waals surface area contributed by atoms with E-state index in [1.165, 1.54) is 18.0 Å². The maximum Gasteiger partial charge on any atom is 0.251 e. The molecule has 2 heterocycles. The Labute approximate surface area is 120 Å². The maximum absolute atomic E-state index is 11.5. The standard InChI is InChI=1S/C15H12N2O2S/c18-17-9-5-4-8-15(17)20-11-13-10-14(19-16-13)12-6-2-1-3-7-12/h1-10H,11H2. The summed E-state index contributed by atoms with van der Waals surface area (Å²) in [5, 5.41) is 16.2. The Balaban J connectivity index is 1.71. The van der Waals surface area contributed by atoms with E-state index in [9.17, 15) is 5.21 Å². The van der Waals surface area contributed by atoms with Crippen molar-refractivity contribution in [3.05, 3.63) is 71.7 Å². The number of rotatable bonds is 4. The van der Waals surface area contributed by atoms with Gasteiger partial charge in [-0.2, -0.15) is 4.73 Å². The topological polar surface area (TPSA) is 53.0 Å². The van der Waals surface area contributed by atoms with Gasteiger partial charge in [-0.05, 0) is 17.8 Å². The quantitative estimate of drug-likeness (QED) is 0.419. The second kappa shape index (κ2) is 5.79. The second-order valence-electron chi connectivity index (χ2n) is 4.20. The smallest absolute Gasteiger partial charge is 0.251 e. The Kier molecular flexibility index (Phi) is 3.69. The molecule has 0 saturated carbocycles. The predicted molar refractivity (Wildman–Crippen MR) is 76.9 cm³/mol. The van der Waals surface area contributed by atoms with Crippen LogP contribution < -0.4 is 4.73 Å². The highest BCUT2D eigenvalue weighted by molar-refractivity contribution is 7.98. The van der Waals surface area contributed by atoms with Gasteiger partial charge in [0.25, 0.3) is 5.03 Å². The molecule has 0 aliphatic rings. The largest absolute Gasteiger partial charge is 0.618 e. The van der Waals surface area contributed by atoms with E-state index in [0.717, 1.165) is 21.7 Å². The summed E-state index contributed by atoms with van der Waals surface area (Å²) in [5.41, 5.74) is 1.81. The third-order valence-electron chi connectivity index (χ3n) is 2.77. The molecule has 4 nitrogen and oxygen atoms in total. The van der Waals surface area contributed by atoms with Crippen LogP contribution in [0.2, 0.25) is 0 Å². The number of aromatic nitrogens is 2. The lowest BCUT2D eigenvalue weighted by atomic mass is 10.2. The summed E-state index contributed by atoms with van der Waals surface area (Å²) in [5.74, 6) is 1.34. The molecular formula is C15H12N2O2S. The summed E-state index contributed by atoms with van der Waals surface area (Å²) >= 11 is 1.44. The molecule has 3 rings (SSSR count).